The Morgan fingerprint density at radius 3 is 2.29 bits per heavy atom. The minimum absolute atomic E-state index is 0.0520. The molecule has 0 spiro atoms. The highest BCUT2D eigenvalue weighted by atomic mass is 19.4. The Balaban J connectivity index is 3.42. The van der Waals surface area contributed by atoms with E-state index in [4.69, 9.17) is 14.7 Å². The van der Waals surface area contributed by atoms with Crippen LogP contribution < -0.4 is 15.0 Å². The lowest BCUT2D eigenvalue weighted by molar-refractivity contribution is -0.138. The van der Waals surface area contributed by atoms with Crippen LogP contribution >= 0.6 is 0 Å². The van der Waals surface area contributed by atoms with Crippen molar-refractivity contribution in [3.8, 4) is 11.5 Å². The number of hydroxylamine groups is 1. The molecule has 0 radical (unpaired) electrons. The van der Waals surface area contributed by atoms with Crippen LogP contribution in [0.5, 0.6) is 11.5 Å². The maximum absolute atomic E-state index is 12.7. The number of alkyl halides is 3. The molecule has 4 nitrogen and oxygen atoms in total. The third kappa shape index (κ3) is 2.80. The van der Waals surface area contributed by atoms with Crippen LogP contribution in [0.2, 0.25) is 0 Å². The zero-order valence-electron chi connectivity index (χ0n) is 9.26. The number of ether oxygens (including phenoxy) is 2. The van der Waals surface area contributed by atoms with Gasteiger partial charge in [-0.05, 0) is 12.1 Å². The summed E-state index contributed by atoms with van der Waals surface area (Å²) in [5, 5.41) is 8.58. The highest BCUT2D eigenvalue weighted by Gasteiger charge is 2.35. The van der Waals surface area contributed by atoms with Crippen molar-refractivity contribution >= 4 is 0 Å². The van der Waals surface area contributed by atoms with Crippen molar-refractivity contribution in [2.45, 2.75) is 12.7 Å². The molecule has 1 rings (SSSR count). The predicted octanol–water partition coefficient (Wildman–Crippen LogP) is 2.20. The molecule has 0 bridgehead atoms. The Morgan fingerprint density at radius 1 is 1.24 bits per heavy atom. The fraction of sp³-hybridized carbons (Fsp3) is 0.400. The Kier molecular flexibility index (Phi) is 4.19. The molecule has 0 saturated heterocycles. The van der Waals surface area contributed by atoms with Gasteiger partial charge in [-0.15, -0.1) is 0 Å². The average molecular weight is 251 g/mol. The topological polar surface area (TPSA) is 50.7 Å². The van der Waals surface area contributed by atoms with E-state index in [9.17, 15) is 13.2 Å². The van der Waals surface area contributed by atoms with Crippen molar-refractivity contribution < 1.29 is 27.9 Å². The van der Waals surface area contributed by atoms with Crippen LogP contribution in [-0.2, 0) is 12.7 Å². The minimum atomic E-state index is -4.52. The maximum Gasteiger partial charge on any atom is 0.416 e. The molecule has 0 aliphatic carbocycles. The van der Waals surface area contributed by atoms with E-state index in [0.29, 0.717) is 0 Å². The molecule has 96 valence electrons. The van der Waals surface area contributed by atoms with Crippen molar-refractivity contribution in [3.63, 3.8) is 0 Å². The Hall–Kier alpha value is -1.47. The maximum atomic E-state index is 12.7. The van der Waals surface area contributed by atoms with Crippen molar-refractivity contribution in [2.75, 3.05) is 14.2 Å². The highest BCUT2D eigenvalue weighted by molar-refractivity contribution is 5.51. The van der Waals surface area contributed by atoms with Crippen LogP contribution in [0, 0.1) is 0 Å². The first-order valence-corrected chi connectivity index (χ1v) is 4.63. The molecule has 2 N–H and O–H groups in total. The van der Waals surface area contributed by atoms with Crippen LogP contribution in [0.15, 0.2) is 12.1 Å². The van der Waals surface area contributed by atoms with Gasteiger partial charge in [0.15, 0.2) is 11.5 Å². The molecule has 0 heterocycles. The lowest BCUT2D eigenvalue weighted by Crippen LogP contribution is -2.16. The smallest absolute Gasteiger partial charge is 0.416 e. The molecule has 0 atom stereocenters. The molecule has 0 aromatic heterocycles. The van der Waals surface area contributed by atoms with Gasteiger partial charge in [0.05, 0.1) is 26.3 Å². The van der Waals surface area contributed by atoms with E-state index in [1.807, 2.05) is 0 Å². The van der Waals surface area contributed by atoms with E-state index in [1.54, 1.807) is 5.48 Å². The largest absolute Gasteiger partial charge is 0.493 e. The first-order chi connectivity index (χ1) is 7.95. The molecule has 1 aromatic rings. The van der Waals surface area contributed by atoms with Gasteiger partial charge in [0.1, 0.15) is 0 Å². The van der Waals surface area contributed by atoms with E-state index in [1.165, 1.54) is 20.3 Å². The summed E-state index contributed by atoms with van der Waals surface area (Å²) in [5.74, 6) is 0.120. The molecule has 7 heteroatoms. The summed E-state index contributed by atoms with van der Waals surface area (Å²) in [6, 6.07) is 2.05. The third-order valence-corrected chi connectivity index (χ3v) is 2.21. The molecular weight excluding hydrogens is 239 g/mol. The van der Waals surface area contributed by atoms with E-state index >= 15 is 0 Å². The zero-order chi connectivity index (χ0) is 13.1. The average Bonchev–Trinajstić information content (AvgIpc) is 2.27. The summed E-state index contributed by atoms with van der Waals surface area (Å²) in [5.41, 5.74) is 0.602. The van der Waals surface area contributed by atoms with Crippen LogP contribution in [-0.4, -0.2) is 19.4 Å². The second kappa shape index (κ2) is 5.24. The highest BCUT2D eigenvalue weighted by Crippen LogP contribution is 2.40. The number of methoxy groups -OCH3 is 2. The number of benzene rings is 1. The summed E-state index contributed by atoms with van der Waals surface area (Å²) >= 11 is 0. The second-order valence-corrected chi connectivity index (χ2v) is 3.16. The molecule has 0 fully saturated rings. The van der Waals surface area contributed by atoms with Crippen LogP contribution in [0.1, 0.15) is 11.1 Å². The van der Waals surface area contributed by atoms with Gasteiger partial charge in [0.2, 0.25) is 0 Å². The summed E-state index contributed by atoms with van der Waals surface area (Å²) in [4.78, 5) is 0. The molecule has 0 amide bonds. The number of hydrogen-bond donors (Lipinski definition) is 2. The number of rotatable bonds is 4. The number of hydrogen-bond acceptors (Lipinski definition) is 4. The molecule has 17 heavy (non-hydrogen) atoms. The van der Waals surface area contributed by atoms with Crippen molar-refractivity contribution in [1.29, 1.82) is 0 Å². The molecule has 1 aromatic carbocycles. The van der Waals surface area contributed by atoms with E-state index in [-0.39, 0.29) is 17.1 Å². The SMILES string of the molecule is COc1ccc(C(F)(F)F)c(CNO)c1OC. The quantitative estimate of drug-likeness (QED) is 0.805. The van der Waals surface area contributed by atoms with Gasteiger partial charge in [0, 0.05) is 5.56 Å². The van der Waals surface area contributed by atoms with Crippen molar-refractivity contribution in [2.24, 2.45) is 0 Å². The summed E-state index contributed by atoms with van der Waals surface area (Å²) < 4.78 is 47.9. The molecule has 0 saturated carbocycles. The summed E-state index contributed by atoms with van der Waals surface area (Å²) in [7, 11) is 2.56. The molecule has 0 unspecified atom stereocenters. The van der Waals surface area contributed by atoms with E-state index in [0.717, 1.165) is 6.07 Å². The molecule has 0 aliphatic heterocycles. The minimum Gasteiger partial charge on any atom is -0.493 e. The standard InChI is InChI=1S/C10H12F3NO3/c1-16-8-4-3-7(10(11,12)13)6(5-14-15)9(8)17-2/h3-4,14-15H,5H2,1-2H3. The van der Waals surface area contributed by atoms with Gasteiger partial charge in [-0.2, -0.15) is 13.2 Å². The summed E-state index contributed by atoms with van der Waals surface area (Å²) in [6.45, 7) is -0.394. The zero-order valence-corrected chi connectivity index (χ0v) is 9.26. The lowest BCUT2D eigenvalue weighted by atomic mass is 10.1. The van der Waals surface area contributed by atoms with Crippen LogP contribution in [0.4, 0.5) is 13.2 Å². The molecular formula is C10H12F3NO3. The fourth-order valence-corrected chi connectivity index (χ4v) is 1.51. The van der Waals surface area contributed by atoms with Crippen LogP contribution in [0.3, 0.4) is 0 Å². The van der Waals surface area contributed by atoms with Crippen molar-refractivity contribution in [1.82, 2.24) is 5.48 Å². The van der Waals surface area contributed by atoms with Gasteiger partial charge in [-0.1, -0.05) is 0 Å². The molecule has 0 aliphatic rings. The number of halogens is 3. The first kappa shape index (κ1) is 13.6. The van der Waals surface area contributed by atoms with E-state index in [2.05, 4.69) is 0 Å². The van der Waals surface area contributed by atoms with Crippen LogP contribution in [0.25, 0.3) is 0 Å². The Bertz CT molecular complexity index is 393. The Labute approximate surface area is 95.9 Å². The normalized spacial score (nSPS) is 11.4. The van der Waals surface area contributed by atoms with Crippen molar-refractivity contribution in [3.05, 3.63) is 23.3 Å². The van der Waals surface area contributed by atoms with Gasteiger partial charge in [-0.3, -0.25) is 0 Å². The lowest BCUT2D eigenvalue weighted by Gasteiger charge is -2.17. The summed E-state index contributed by atoms with van der Waals surface area (Å²) in [6.07, 6.45) is -4.52. The first-order valence-electron chi connectivity index (χ1n) is 4.63. The van der Waals surface area contributed by atoms with Gasteiger partial charge in [-0.25, -0.2) is 5.48 Å². The Morgan fingerprint density at radius 2 is 1.88 bits per heavy atom. The van der Waals surface area contributed by atoms with Gasteiger partial charge < -0.3 is 14.7 Å². The predicted molar refractivity (Wildman–Crippen MR) is 53.2 cm³/mol. The fourth-order valence-electron chi connectivity index (χ4n) is 1.51. The monoisotopic (exact) mass is 251 g/mol. The second-order valence-electron chi connectivity index (χ2n) is 3.16. The van der Waals surface area contributed by atoms with Gasteiger partial charge >= 0.3 is 6.18 Å². The van der Waals surface area contributed by atoms with E-state index < -0.39 is 18.3 Å². The third-order valence-electron chi connectivity index (χ3n) is 2.21. The van der Waals surface area contributed by atoms with Gasteiger partial charge in [0.25, 0.3) is 0 Å². The number of nitrogens with one attached hydrogen (secondary N) is 1.